The highest BCUT2D eigenvalue weighted by Crippen LogP contribution is 2.26. The highest BCUT2D eigenvalue weighted by molar-refractivity contribution is 5.90. The molecule has 0 bridgehead atoms. The number of nitrogen functional groups attached to an aromatic ring is 1. The van der Waals surface area contributed by atoms with Gasteiger partial charge in [-0.3, -0.25) is 0 Å². The molecule has 0 atom stereocenters. The van der Waals surface area contributed by atoms with Crippen LogP contribution in [0.1, 0.15) is 20.3 Å². The van der Waals surface area contributed by atoms with Crippen LogP contribution in [-0.2, 0) is 0 Å². The maximum absolute atomic E-state index is 9.03. The van der Waals surface area contributed by atoms with Crippen molar-refractivity contribution in [1.82, 2.24) is 9.97 Å². The number of para-hydroxylation sites is 1. The molecule has 0 aliphatic carbocycles. The number of aromatic nitrogens is 2. The van der Waals surface area contributed by atoms with E-state index in [1.54, 1.807) is 0 Å². The third kappa shape index (κ3) is 2.93. The zero-order chi connectivity index (χ0) is 13.8. The van der Waals surface area contributed by atoms with Crippen LogP contribution < -0.4 is 10.6 Å². The van der Waals surface area contributed by atoms with Gasteiger partial charge in [0.25, 0.3) is 0 Å². The first-order valence-corrected chi connectivity index (χ1v) is 6.53. The lowest BCUT2D eigenvalue weighted by atomic mass is 10.2. The monoisotopic (exact) mass is 260 g/mol. The van der Waals surface area contributed by atoms with Crippen LogP contribution >= 0.6 is 0 Å². The molecule has 102 valence electrons. The summed E-state index contributed by atoms with van der Waals surface area (Å²) in [5.41, 5.74) is 6.64. The van der Waals surface area contributed by atoms with Crippen LogP contribution in [0.5, 0.6) is 0 Å². The van der Waals surface area contributed by atoms with Crippen molar-refractivity contribution in [2.75, 3.05) is 23.8 Å². The molecule has 0 fully saturated rings. The third-order valence-corrected chi connectivity index (χ3v) is 3.05. The Morgan fingerprint density at radius 1 is 1.26 bits per heavy atom. The minimum Gasteiger partial charge on any atom is -0.396 e. The molecule has 1 aromatic heterocycles. The molecule has 1 heterocycles. The molecule has 0 spiro atoms. The van der Waals surface area contributed by atoms with E-state index in [0.29, 0.717) is 6.42 Å². The highest BCUT2D eigenvalue weighted by atomic mass is 16.3. The highest BCUT2D eigenvalue weighted by Gasteiger charge is 2.16. The van der Waals surface area contributed by atoms with Gasteiger partial charge in [0, 0.05) is 24.6 Å². The van der Waals surface area contributed by atoms with E-state index in [-0.39, 0.29) is 18.6 Å². The minimum atomic E-state index is 0.168. The van der Waals surface area contributed by atoms with Gasteiger partial charge in [0.1, 0.15) is 5.82 Å². The molecule has 0 unspecified atom stereocenters. The van der Waals surface area contributed by atoms with Crippen molar-refractivity contribution in [3.63, 3.8) is 0 Å². The fourth-order valence-corrected chi connectivity index (χ4v) is 2.15. The predicted molar refractivity (Wildman–Crippen MR) is 78.1 cm³/mol. The molecule has 3 N–H and O–H groups in total. The van der Waals surface area contributed by atoms with Crippen LogP contribution in [0, 0.1) is 0 Å². The molecule has 0 saturated carbocycles. The molecule has 5 heteroatoms. The second-order valence-electron chi connectivity index (χ2n) is 4.79. The number of anilines is 2. The molecular formula is C14H20N4O. The summed E-state index contributed by atoms with van der Waals surface area (Å²) in [6.07, 6.45) is 0.705. The number of hydrogen-bond acceptors (Lipinski definition) is 5. The van der Waals surface area contributed by atoms with Crippen molar-refractivity contribution in [3.05, 3.63) is 24.3 Å². The summed E-state index contributed by atoms with van der Waals surface area (Å²) in [6.45, 7) is 5.12. The van der Waals surface area contributed by atoms with E-state index >= 15 is 0 Å². The van der Waals surface area contributed by atoms with Crippen LogP contribution in [0.4, 0.5) is 11.8 Å². The number of nitrogens with zero attached hydrogens (tertiary/aromatic N) is 3. The molecule has 2 rings (SSSR count). The smallest absolute Gasteiger partial charge is 0.222 e. The zero-order valence-electron chi connectivity index (χ0n) is 11.4. The summed E-state index contributed by atoms with van der Waals surface area (Å²) in [5, 5.41) is 10.0. The largest absolute Gasteiger partial charge is 0.396 e. The Morgan fingerprint density at radius 3 is 2.68 bits per heavy atom. The Bertz CT molecular complexity index is 556. The maximum Gasteiger partial charge on any atom is 0.222 e. The van der Waals surface area contributed by atoms with Gasteiger partial charge in [0.15, 0.2) is 0 Å². The topological polar surface area (TPSA) is 75.3 Å². The lowest BCUT2D eigenvalue weighted by molar-refractivity contribution is 0.288. The number of rotatable bonds is 5. The van der Waals surface area contributed by atoms with Gasteiger partial charge in [-0.1, -0.05) is 12.1 Å². The van der Waals surface area contributed by atoms with Crippen molar-refractivity contribution >= 4 is 22.7 Å². The van der Waals surface area contributed by atoms with Gasteiger partial charge in [-0.25, -0.2) is 4.98 Å². The molecule has 0 aliphatic rings. The minimum absolute atomic E-state index is 0.168. The summed E-state index contributed by atoms with van der Waals surface area (Å²) in [5.74, 6) is 1.12. The molecular weight excluding hydrogens is 240 g/mol. The molecule has 1 aromatic carbocycles. The van der Waals surface area contributed by atoms with Crippen LogP contribution in [0.15, 0.2) is 24.3 Å². The summed E-state index contributed by atoms with van der Waals surface area (Å²) >= 11 is 0. The van der Waals surface area contributed by atoms with E-state index in [0.717, 1.165) is 23.3 Å². The van der Waals surface area contributed by atoms with E-state index in [1.807, 2.05) is 24.3 Å². The quantitative estimate of drug-likeness (QED) is 0.857. The van der Waals surface area contributed by atoms with E-state index in [9.17, 15) is 0 Å². The lowest BCUT2D eigenvalue weighted by Gasteiger charge is -2.28. The Labute approximate surface area is 113 Å². The second-order valence-corrected chi connectivity index (χ2v) is 4.79. The van der Waals surface area contributed by atoms with E-state index in [1.165, 1.54) is 0 Å². The molecule has 2 aromatic rings. The van der Waals surface area contributed by atoms with Crippen LogP contribution in [0.3, 0.4) is 0 Å². The Morgan fingerprint density at radius 2 is 2.00 bits per heavy atom. The summed E-state index contributed by atoms with van der Waals surface area (Å²) in [4.78, 5) is 10.8. The Kier molecular flexibility index (Phi) is 4.16. The van der Waals surface area contributed by atoms with Gasteiger partial charge in [0.2, 0.25) is 5.95 Å². The number of aliphatic hydroxyl groups excluding tert-OH is 1. The van der Waals surface area contributed by atoms with Gasteiger partial charge < -0.3 is 15.7 Å². The molecule has 5 nitrogen and oxygen atoms in total. The number of hydrogen-bond donors (Lipinski definition) is 2. The first-order valence-electron chi connectivity index (χ1n) is 6.53. The fourth-order valence-electron chi connectivity index (χ4n) is 2.15. The lowest BCUT2D eigenvalue weighted by Crippen LogP contribution is -2.33. The predicted octanol–water partition coefficient (Wildman–Crippen LogP) is 1.81. The van der Waals surface area contributed by atoms with Crippen LogP contribution in [0.25, 0.3) is 10.9 Å². The van der Waals surface area contributed by atoms with Gasteiger partial charge in [-0.15, -0.1) is 0 Å². The van der Waals surface area contributed by atoms with Crippen molar-refractivity contribution in [1.29, 1.82) is 0 Å². The van der Waals surface area contributed by atoms with Crippen molar-refractivity contribution in [2.45, 2.75) is 26.3 Å². The van der Waals surface area contributed by atoms with Crippen LogP contribution in [0.2, 0.25) is 0 Å². The summed E-state index contributed by atoms with van der Waals surface area (Å²) in [6, 6.07) is 8.12. The van der Waals surface area contributed by atoms with Crippen molar-refractivity contribution in [2.24, 2.45) is 0 Å². The Balaban J connectivity index is 2.51. The SMILES string of the molecule is CC(C)N(CCCO)c1nc(N)nc2ccccc12. The third-order valence-electron chi connectivity index (χ3n) is 3.05. The molecule has 0 aliphatic heterocycles. The number of fused-ring (bicyclic) bond motifs is 1. The molecule has 0 amide bonds. The standard InChI is InChI=1S/C14H20N4O/c1-10(2)18(8-5-9-19)13-11-6-3-4-7-12(11)16-14(15)17-13/h3-4,6-7,10,19H,5,8-9H2,1-2H3,(H2,15,16,17). The summed E-state index contributed by atoms with van der Waals surface area (Å²) < 4.78 is 0. The zero-order valence-corrected chi connectivity index (χ0v) is 11.4. The van der Waals surface area contributed by atoms with Crippen molar-refractivity contribution in [3.8, 4) is 0 Å². The first-order chi connectivity index (χ1) is 9.13. The second kappa shape index (κ2) is 5.84. The fraction of sp³-hybridized carbons (Fsp3) is 0.429. The normalized spacial score (nSPS) is 11.2. The van der Waals surface area contributed by atoms with Gasteiger partial charge in [-0.2, -0.15) is 4.98 Å². The number of benzene rings is 1. The van der Waals surface area contributed by atoms with Gasteiger partial charge in [-0.05, 0) is 32.4 Å². The van der Waals surface area contributed by atoms with Crippen LogP contribution in [-0.4, -0.2) is 34.3 Å². The van der Waals surface area contributed by atoms with Gasteiger partial charge >= 0.3 is 0 Å². The first kappa shape index (κ1) is 13.5. The van der Waals surface area contributed by atoms with Gasteiger partial charge in [0.05, 0.1) is 5.52 Å². The van der Waals surface area contributed by atoms with E-state index in [2.05, 4.69) is 28.7 Å². The average molecular weight is 260 g/mol. The molecule has 0 saturated heterocycles. The molecule has 0 radical (unpaired) electrons. The van der Waals surface area contributed by atoms with E-state index < -0.39 is 0 Å². The Hall–Kier alpha value is -1.88. The van der Waals surface area contributed by atoms with Crippen molar-refractivity contribution < 1.29 is 5.11 Å². The average Bonchev–Trinajstić information content (AvgIpc) is 2.38. The summed E-state index contributed by atoms with van der Waals surface area (Å²) in [7, 11) is 0. The van der Waals surface area contributed by atoms with E-state index in [4.69, 9.17) is 10.8 Å². The number of aliphatic hydroxyl groups is 1. The molecule has 19 heavy (non-hydrogen) atoms. The maximum atomic E-state index is 9.03. The number of nitrogens with two attached hydrogens (primary N) is 1.